The molecule has 0 atom stereocenters. The molecule has 0 unspecified atom stereocenters. The standard InChI is InChI=1S/C10H6BrF2NO/c1-5(15)6-2-7(4-14)9(11)8(3-6)10(12)13/h2-3,10H,1H3. The van der Waals surface area contributed by atoms with Crippen molar-refractivity contribution in [1.29, 1.82) is 5.26 Å². The van der Waals surface area contributed by atoms with Crippen molar-refractivity contribution in [2.45, 2.75) is 13.3 Å². The number of ketones is 1. The fraction of sp³-hybridized carbons (Fsp3) is 0.200. The highest BCUT2D eigenvalue weighted by Gasteiger charge is 2.17. The van der Waals surface area contributed by atoms with E-state index in [-0.39, 0.29) is 26.9 Å². The molecule has 0 saturated carbocycles. The molecule has 0 bridgehead atoms. The van der Waals surface area contributed by atoms with Gasteiger partial charge in [-0.05, 0) is 35.0 Å². The zero-order valence-corrected chi connectivity index (χ0v) is 9.31. The molecule has 0 N–H and O–H groups in total. The molecule has 0 aliphatic carbocycles. The quantitative estimate of drug-likeness (QED) is 0.775. The van der Waals surface area contributed by atoms with Gasteiger partial charge in [-0.1, -0.05) is 0 Å². The first kappa shape index (κ1) is 11.8. The molecular weight excluding hydrogens is 268 g/mol. The Morgan fingerprint density at radius 3 is 2.53 bits per heavy atom. The highest BCUT2D eigenvalue weighted by Crippen LogP contribution is 2.31. The molecule has 0 aliphatic rings. The molecule has 0 aliphatic heterocycles. The van der Waals surface area contributed by atoms with E-state index in [1.54, 1.807) is 6.07 Å². The lowest BCUT2D eigenvalue weighted by Crippen LogP contribution is -1.98. The van der Waals surface area contributed by atoms with Crippen molar-refractivity contribution >= 4 is 21.7 Å². The van der Waals surface area contributed by atoms with Crippen LogP contribution in [0, 0.1) is 11.3 Å². The molecule has 0 spiro atoms. The van der Waals surface area contributed by atoms with Gasteiger partial charge in [-0.3, -0.25) is 4.79 Å². The number of rotatable bonds is 2. The number of nitriles is 1. The highest BCUT2D eigenvalue weighted by atomic mass is 79.9. The molecule has 5 heteroatoms. The summed E-state index contributed by atoms with van der Waals surface area (Å²) in [4.78, 5) is 11.0. The molecule has 2 nitrogen and oxygen atoms in total. The first-order valence-electron chi connectivity index (χ1n) is 4.00. The van der Waals surface area contributed by atoms with Crippen molar-refractivity contribution in [3.05, 3.63) is 33.3 Å². The molecule has 1 rings (SSSR count). The summed E-state index contributed by atoms with van der Waals surface area (Å²) in [5.41, 5.74) is -0.178. The van der Waals surface area contributed by atoms with E-state index in [0.717, 1.165) is 6.07 Å². The van der Waals surface area contributed by atoms with Crippen LogP contribution in [-0.4, -0.2) is 5.78 Å². The summed E-state index contributed by atoms with van der Waals surface area (Å²) in [5, 5.41) is 8.69. The van der Waals surface area contributed by atoms with E-state index < -0.39 is 6.43 Å². The molecule has 0 radical (unpaired) electrons. The molecule has 15 heavy (non-hydrogen) atoms. The van der Waals surface area contributed by atoms with Gasteiger partial charge in [0.05, 0.1) is 5.56 Å². The average molecular weight is 274 g/mol. The maximum absolute atomic E-state index is 12.5. The molecule has 1 aromatic rings. The number of hydrogen-bond donors (Lipinski definition) is 0. The van der Waals surface area contributed by atoms with Gasteiger partial charge in [0.25, 0.3) is 6.43 Å². The van der Waals surface area contributed by atoms with Gasteiger partial charge in [0.15, 0.2) is 5.78 Å². The third-order valence-corrected chi connectivity index (χ3v) is 2.75. The SMILES string of the molecule is CC(=O)c1cc(C#N)c(Br)c(C(F)F)c1. The minimum atomic E-state index is -2.72. The Balaban J connectivity index is 3.47. The molecule has 0 fully saturated rings. The summed E-state index contributed by atoms with van der Waals surface area (Å²) in [6.07, 6.45) is -2.72. The van der Waals surface area contributed by atoms with E-state index in [1.807, 2.05) is 0 Å². The number of alkyl halides is 2. The number of carbonyl (C=O) groups excluding carboxylic acids is 1. The smallest absolute Gasteiger partial charge is 0.265 e. The minimum Gasteiger partial charge on any atom is -0.295 e. The van der Waals surface area contributed by atoms with Gasteiger partial charge in [-0.25, -0.2) is 8.78 Å². The van der Waals surface area contributed by atoms with Crippen molar-refractivity contribution in [1.82, 2.24) is 0 Å². The molecule has 0 amide bonds. The second kappa shape index (κ2) is 4.49. The van der Waals surface area contributed by atoms with E-state index in [4.69, 9.17) is 5.26 Å². The van der Waals surface area contributed by atoms with Gasteiger partial charge < -0.3 is 0 Å². The first-order chi connectivity index (χ1) is 6.97. The predicted molar refractivity (Wildman–Crippen MR) is 53.8 cm³/mol. The summed E-state index contributed by atoms with van der Waals surface area (Å²) in [7, 11) is 0. The van der Waals surface area contributed by atoms with Crippen LogP contribution in [0.4, 0.5) is 8.78 Å². The lowest BCUT2D eigenvalue weighted by molar-refractivity contribution is 0.101. The third-order valence-electron chi connectivity index (χ3n) is 1.86. The fourth-order valence-electron chi connectivity index (χ4n) is 1.09. The summed E-state index contributed by atoms with van der Waals surface area (Å²) in [5.74, 6) is -0.346. The Morgan fingerprint density at radius 1 is 1.53 bits per heavy atom. The Hall–Kier alpha value is -1.28. The lowest BCUT2D eigenvalue weighted by Gasteiger charge is -2.07. The fourth-order valence-corrected chi connectivity index (χ4v) is 1.58. The average Bonchev–Trinajstić information content (AvgIpc) is 2.17. The van der Waals surface area contributed by atoms with Crippen LogP contribution in [0.2, 0.25) is 0 Å². The van der Waals surface area contributed by atoms with Gasteiger partial charge in [-0.15, -0.1) is 0 Å². The maximum Gasteiger partial charge on any atom is 0.265 e. The normalized spacial score (nSPS) is 10.1. The number of Topliss-reactive ketones (excluding diaryl/α,β-unsaturated/α-hetero) is 1. The number of halogens is 3. The molecule has 0 saturated heterocycles. The van der Waals surface area contributed by atoms with Gasteiger partial charge in [0, 0.05) is 15.6 Å². The first-order valence-corrected chi connectivity index (χ1v) is 4.79. The predicted octanol–water partition coefficient (Wildman–Crippen LogP) is 3.46. The second-order valence-corrected chi connectivity index (χ2v) is 3.69. The van der Waals surface area contributed by atoms with Gasteiger partial charge in [0.2, 0.25) is 0 Å². The third kappa shape index (κ3) is 2.39. The van der Waals surface area contributed by atoms with Crippen molar-refractivity contribution < 1.29 is 13.6 Å². The van der Waals surface area contributed by atoms with E-state index in [9.17, 15) is 13.6 Å². The van der Waals surface area contributed by atoms with Crippen LogP contribution < -0.4 is 0 Å². The maximum atomic E-state index is 12.5. The second-order valence-electron chi connectivity index (χ2n) is 2.90. The summed E-state index contributed by atoms with van der Waals surface area (Å²) in [6, 6.07) is 4.14. The van der Waals surface area contributed by atoms with Crippen molar-refractivity contribution in [3.63, 3.8) is 0 Å². The topological polar surface area (TPSA) is 40.9 Å². The van der Waals surface area contributed by atoms with Crippen LogP contribution in [0.1, 0.15) is 34.8 Å². The number of carbonyl (C=O) groups is 1. The lowest BCUT2D eigenvalue weighted by atomic mass is 10.0. The highest BCUT2D eigenvalue weighted by molar-refractivity contribution is 9.10. The van der Waals surface area contributed by atoms with Crippen LogP contribution in [0.15, 0.2) is 16.6 Å². The zero-order valence-electron chi connectivity index (χ0n) is 7.72. The molecule has 0 heterocycles. The number of hydrogen-bond acceptors (Lipinski definition) is 2. The van der Waals surface area contributed by atoms with Crippen LogP contribution in [0.5, 0.6) is 0 Å². The summed E-state index contributed by atoms with van der Waals surface area (Å²) in [6.45, 7) is 1.26. The Bertz CT molecular complexity index is 451. The van der Waals surface area contributed by atoms with Crippen molar-refractivity contribution in [3.8, 4) is 6.07 Å². The Labute approximate surface area is 93.6 Å². The van der Waals surface area contributed by atoms with E-state index >= 15 is 0 Å². The van der Waals surface area contributed by atoms with E-state index in [1.165, 1.54) is 13.0 Å². The van der Waals surface area contributed by atoms with Crippen LogP contribution >= 0.6 is 15.9 Å². The van der Waals surface area contributed by atoms with E-state index in [0.29, 0.717) is 0 Å². The molecule has 0 aromatic heterocycles. The zero-order chi connectivity index (χ0) is 11.6. The molecule has 1 aromatic carbocycles. The largest absolute Gasteiger partial charge is 0.295 e. The Morgan fingerprint density at radius 2 is 2.13 bits per heavy atom. The summed E-state index contributed by atoms with van der Waals surface area (Å²) >= 11 is 2.91. The van der Waals surface area contributed by atoms with Crippen molar-refractivity contribution in [2.24, 2.45) is 0 Å². The number of nitrogens with zero attached hydrogens (tertiary/aromatic N) is 1. The van der Waals surface area contributed by atoms with E-state index in [2.05, 4.69) is 15.9 Å². The van der Waals surface area contributed by atoms with Gasteiger partial charge in [0.1, 0.15) is 6.07 Å². The molecule has 78 valence electrons. The van der Waals surface area contributed by atoms with Gasteiger partial charge in [-0.2, -0.15) is 5.26 Å². The van der Waals surface area contributed by atoms with Crippen molar-refractivity contribution in [2.75, 3.05) is 0 Å². The monoisotopic (exact) mass is 273 g/mol. The van der Waals surface area contributed by atoms with Crippen LogP contribution in [0.3, 0.4) is 0 Å². The Kier molecular flexibility index (Phi) is 3.53. The number of benzene rings is 1. The summed E-state index contributed by atoms with van der Waals surface area (Å²) < 4.78 is 25.1. The van der Waals surface area contributed by atoms with Crippen LogP contribution in [-0.2, 0) is 0 Å². The van der Waals surface area contributed by atoms with Crippen LogP contribution in [0.25, 0.3) is 0 Å². The van der Waals surface area contributed by atoms with Gasteiger partial charge >= 0.3 is 0 Å². The molecular formula is C10H6BrF2NO. The minimum absolute atomic E-state index is 0.0398.